The van der Waals surface area contributed by atoms with E-state index >= 15 is 0 Å². The summed E-state index contributed by atoms with van der Waals surface area (Å²) in [5.74, 6) is 0. The summed E-state index contributed by atoms with van der Waals surface area (Å²) in [7, 11) is 3.30. The van der Waals surface area contributed by atoms with E-state index in [0.717, 1.165) is 0 Å². The second kappa shape index (κ2) is 16.0. The molecule has 0 spiro atoms. The van der Waals surface area contributed by atoms with E-state index in [4.69, 9.17) is 0 Å². The molecule has 0 N–H and O–H groups in total. The van der Waals surface area contributed by atoms with Crippen LogP contribution in [-0.4, -0.2) is 76.3 Å². The average Bonchev–Trinajstić information content (AvgIpc) is 1.61. The normalized spacial score (nSPS) is 6.75. The third kappa shape index (κ3) is 15.7. The number of hydrogen-bond acceptors (Lipinski definition) is 2. The molecule has 50 valence electrons. The van der Waals surface area contributed by atoms with Gasteiger partial charge in [-0.15, -0.1) is 17.0 Å². The number of ether oxygens (including phenoxy) is 2. The number of rotatable bonds is 3. The van der Waals surface area contributed by atoms with Crippen molar-refractivity contribution < 1.29 is 12.3 Å². The van der Waals surface area contributed by atoms with Crippen LogP contribution in [0.2, 0.25) is 0 Å². The van der Waals surface area contributed by atoms with Crippen LogP contribution in [0.3, 0.4) is 0 Å². The predicted octanol–water partition coefficient (Wildman–Crippen LogP) is 0.701. The molecule has 0 fully saturated rings. The summed E-state index contributed by atoms with van der Waals surface area (Å²) in [6.07, 6.45) is 0. The maximum atomic E-state index is 4.66. The van der Waals surface area contributed by atoms with Gasteiger partial charge >= 0.3 is 48.9 Å². The summed E-state index contributed by atoms with van der Waals surface area (Å²) >= 11 is 0. The zero-order chi connectivity index (χ0) is 4.83. The number of halogens is 1. The first-order chi connectivity index (χ1) is 2.91. The van der Waals surface area contributed by atoms with Gasteiger partial charge in [-0.25, -0.2) is 0 Å². The molecule has 0 aliphatic heterocycles. The van der Waals surface area contributed by atoms with Crippen molar-refractivity contribution in [3.63, 3.8) is 0 Å². The van der Waals surface area contributed by atoms with E-state index in [9.17, 15) is 0 Å². The van der Waals surface area contributed by atoms with Crippen molar-refractivity contribution in [2.45, 2.75) is 0 Å². The Hall–Kier alpha value is 1.97. The zero-order valence-corrected chi connectivity index (χ0v) is 11.5. The topological polar surface area (TPSA) is 18.5 Å². The van der Waals surface area contributed by atoms with E-state index in [2.05, 4.69) is 9.47 Å². The van der Waals surface area contributed by atoms with Crippen LogP contribution < -0.4 is 0 Å². The van der Waals surface area contributed by atoms with Crippen molar-refractivity contribution in [2.75, 3.05) is 27.4 Å². The summed E-state index contributed by atoms with van der Waals surface area (Å²) in [6.45, 7) is 1.38. The molecule has 0 rings (SSSR count). The molecule has 0 atom stereocenters. The van der Waals surface area contributed by atoms with Crippen molar-refractivity contribution in [3.8, 4) is 0 Å². The molecule has 4 heteroatoms. The molecular formula is C4H13BaBrO2. The quantitative estimate of drug-likeness (QED) is 0.564. The van der Waals surface area contributed by atoms with Crippen molar-refractivity contribution in [1.29, 1.82) is 0 Å². The molecule has 0 radical (unpaired) electrons. The first kappa shape index (κ1) is 16.5. The van der Waals surface area contributed by atoms with Gasteiger partial charge in [-0.3, -0.25) is 0 Å². The van der Waals surface area contributed by atoms with Crippen LogP contribution >= 0.6 is 17.0 Å². The molecule has 0 aromatic carbocycles. The van der Waals surface area contributed by atoms with E-state index in [1.807, 2.05) is 0 Å². The minimum atomic E-state index is 0. The summed E-state index contributed by atoms with van der Waals surface area (Å²) in [5.41, 5.74) is 0. The maximum Gasteiger partial charge on any atom is 2.00 e. The molecule has 0 aromatic rings. The second-order valence-electron chi connectivity index (χ2n) is 0.986. The zero-order valence-electron chi connectivity index (χ0n) is 7.35. The van der Waals surface area contributed by atoms with Crippen LogP contribution in [0, 0.1) is 0 Å². The fourth-order valence-electron chi connectivity index (χ4n) is 0.167. The summed E-state index contributed by atoms with van der Waals surface area (Å²) in [4.78, 5) is 0. The minimum Gasteiger partial charge on any atom is -1.00 e. The van der Waals surface area contributed by atoms with Gasteiger partial charge in [0.1, 0.15) is 0 Å². The standard InChI is InChI=1S/C4H10O2.Ba.BrH.2H/c1-5-3-4-6-2;;;;/h3-4H2,1-2H3;;1H;;/q;+2;;2*-1. The molecule has 0 bridgehead atoms. The van der Waals surface area contributed by atoms with Crippen LogP contribution in [0.1, 0.15) is 2.85 Å². The van der Waals surface area contributed by atoms with Gasteiger partial charge in [0, 0.05) is 14.2 Å². The molecule has 0 aromatic heterocycles. The molecule has 0 aliphatic carbocycles. The summed E-state index contributed by atoms with van der Waals surface area (Å²) in [6, 6.07) is 0. The first-order valence-electron chi connectivity index (χ1n) is 1.89. The van der Waals surface area contributed by atoms with Crippen molar-refractivity contribution in [1.82, 2.24) is 0 Å². The van der Waals surface area contributed by atoms with Crippen LogP contribution in [0.4, 0.5) is 0 Å². The molecule has 0 amide bonds. The molecule has 8 heavy (non-hydrogen) atoms. The van der Waals surface area contributed by atoms with Gasteiger partial charge in [0.25, 0.3) is 0 Å². The molecule has 0 saturated carbocycles. The summed E-state index contributed by atoms with van der Waals surface area (Å²) in [5, 5.41) is 0. The van der Waals surface area contributed by atoms with Crippen LogP contribution in [0.5, 0.6) is 0 Å². The van der Waals surface area contributed by atoms with Gasteiger partial charge in [-0.2, -0.15) is 0 Å². The Morgan fingerprint density at radius 3 is 1.50 bits per heavy atom. The van der Waals surface area contributed by atoms with Crippen molar-refractivity contribution in [3.05, 3.63) is 0 Å². The molecule has 2 nitrogen and oxygen atoms in total. The molecule has 0 unspecified atom stereocenters. The monoisotopic (exact) mass is 310 g/mol. The Bertz CT molecular complexity index is 33.2. The van der Waals surface area contributed by atoms with E-state index in [-0.39, 0.29) is 68.7 Å². The van der Waals surface area contributed by atoms with Crippen LogP contribution in [-0.2, 0) is 9.47 Å². The third-order valence-corrected chi connectivity index (χ3v) is 0.492. The number of hydrogen-bond donors (Lipinski definition) is 0. The van der Waals surface area contributed by atoms with Gasteiger partial charge < -0.3 is 12.3 Å². The van der Waals surface area contributed by atoms with Gasteiger partial charge in [-0.05, 0) is 0 Å². The smallest absolute Gasteiger partial charge is 1.00 e. The average molecular weight is 310 g/mol. The van der Waals surface area contributed by atoms with Gasteiger partial charge in [-0.1, -0.05) is 0 Å². The molecule has 0 saturated heterocycles. The van der Waals surface area contributed by atoms with E-state index in [1.165, 1.54) is 0 Å². The van der Waals surface area contributed by atoms with Crippen molar-refractivity contribution >= 4 is 65.9 Å². The summed E-state index contributed by atoms with van der Waals surface area (Å²) < 4.78 is 9.31. The minimum absolute atomic E-state index is 0. The maximum absolute atomic E-state index is 4.66. The largest absolute Gasteiger partial charge is 2.00 e. The van der Waals surface area contributed by atoms with E-state index < -0.39 is 0 Å². The predicted molar refractivity (Wildman–Crippen MR) is 42.1 cm³/mol. The Kier molecular flexibility index (Phi) is 33.0. The SMILES string of the molecule is Br.COCCOC.[Ba+2].[H-].[H-]. The number of methoxy groups -OCH3 is 2. The van der Waals surface area contributed by atoms with Gasteiger partial charge in [0.2, 0.25) is 0 Å². The van der Waals surface area contributed by atoms with E-state index in [1.54, 1.807) is 14.2 Å². The third-order valence-electron chi connectivity index (χ3n) is 0.492. The first-order valence-corrected chi connectivity index (χ1v) is 1.89. The van der Waals surface area contributed by atoms with Gasteiger partial charge in [0.05, 0.1) is 13.2 Å². The van der Waals surface area contributed by atoms with Gasteiger partial charge in [0.15, 0.2) is 0 Å². The Morgan fingerprint density at radius 2 is 1.38 bits per heavy atom. The fraction of sp³-hybridized carbons (Fsp3) is 1.00. The van der Waals surface area contributed by atoms with Crippen molar-refractivity contribution in [2.24, 2.45) is 0 Å². The van der Waals surface area contributed by atoms with E-state index in [0.29, 0.717) is 13.2 Å². The van der Waals surface area contributed by atoms with Crippen LogP contribution in [0.25, 0.3) is 0 Å². The molecular weight excluding hydrogens is 297 g/mol. The molecule has 0 aliphatic rings. The Balaban J connectivity index is -0.0000000208. The second-order valence-corrected chi connectivity index (χ2v) is 0.986. The fourth-order valence-corrected chi connectivity index (χ4v) is 0.167. The van der Waals surface area contributed by atoms with Crippen LogP contribution in [0.15, 0.2) is 0 Å². The Labute approximate surface area is 104 Å². The molecule has 0 heterocycles. The Morgan fingerprint density at radius 1 is 1.12 bits per heavy atom.